The van der Waals surface area contributed by atoms with E-state index >= 15 is 0 Å². The molecule has 2 aromatic rings. The van der Waals surface area contributed by atoms with E-state index < -0.39 is 0 Å². The van der Waals surface area contributed by atoms with Crippen molar-refractivity contribution in [1.29, 1.82) is 0 Å². The van der Waals surface area contributed by atoms with E-state index in [1.807, 2.05) is 12.1 Å². The fourth-order valence-electron chi connectivity index (χ4n) is 2.76. The van der Waals surface area contributed by atoms with Crippen molar-refractivity contribution in [3.8, 4) is 0 Å². The predicted octanol–water partition coefficient (Wildman–Crippen LogP) is 3.13. The van der Waals surface area contributed by atoms with Crippen molar-refractivity contribution < 1.29 is 0 Å². The van der Waals surface area contributed by atoms with Gasteiger partial charge in [0.2, 0.25) is 0 Å². The van der Waals surface area contributed by atoms with Gasteiger partial charge in [0.25, 0.3) is 0 Å². The lowest BCUT2D eigenvalue weighted by Gasteiger charge is -2.24. The number of hydrogen-bond donors (Lipinski definition) is 1. The summed E-state index contributed by atoms with van der Waals surface area (Å²) >= 11 is 6.27. The summed E-state index contributed by atoms with van der Waals surface area (Å²) in [7, 11) is 0. The third kappa shape index (κ3) is 1.37. The Morgan fingerprint density at radius 1 is 1.44 bits per heavy atom. The highest BCUT2D eigenvalue weighted by molar-refractivity contribution is 6.35. The van der Waals surface area contributed by atoms with Crippen LogP contribution in [0.1, 0.15) is 24.5 Å². The Labute approximate surface area is 100.0 Å². The summed E-state index contributed by atoms with van der Waals surface area (Å²) in [6.07, 6.45) is 2.40. The summed E-state index contributed by atoms with van der Waals surface area (Å²) in [5.41, 5.74) is 8.37. The Balaban J connectivity index is 2.29. The Morgan fingerprint density at radius 3 is 3.12 bits per heavy atom. The van der Waals surface area contributed by atoms with Crippen LogP contribution in [0.25, 0.3) is 10.9 Å². The van der Waals surface area contributed by atoms with Gasteiger partial charge in [-0.05, 0) is 25.0 Å². The Hall–Kier alpha value is -0.990. The quantitative estimate of drug-likeness (QED) is 0.808. The van der Waals surface area contributed by atoms with Gasteiger partial charge in [-0.2, -0.15) is 0 Å². The van der Waals surface area contributed by atoms with Crippen LogP contribution < -0.4 is 5.73 Å². The normalized spacial score (nSPS) is 20.0. The van der Waals surface area contributed by atoms with E-state index in [9.17, 15) is 0 Å². The van der Waals surface area contributed by atoms with Gasteiger partial charge in [0.15, 0.2) is 0 Å². The molecule has 1 atom stereocenters. The molecule has 84 valence electrons. The van der Waals surface area contributed by atoms with Gasteiger partial charge in [0.1, 0.15) is 0 Å². The summed E-state index contributed by atoms with van der Waals surface area (Å²) in [5.74, 6) is 0.497. The number of aryl methyl sites for hydroxylation is 1. The number of fused-ring (bicyclic) bond motifs is 3. The van der Waals surface area contributed by atoms with Gasteiger partial charge >= 0.3 is 0 Å². The molecule has 1 aliphatic heterocycles. The Kier molecular flexibility index (Phi) is 2.41. The second-order valence-corrected chi connectivity index (χ2v) is 4.88. The molecule has 1 aromatic carbocycles. The molecule has 2 nitrogen and oxygen atoms in total. The first-order valence-electron chi connectivity index (χ1n) is 5.79. The van der Waals surface area contributed by atoms with Gasteiger partial charge in [-0.3, -0.25) is 0 Å². The average molecular weight is 235 g/mol. The largest absolute Gasteiger partial charge is 0.343 e. The van der Waals surface area contributed by atoms with Crippen LogP contribution in [0, 0.1) is 0 Å². The first-order chi connectivity index (χ1) is 7.81. The lowest BCUT2D eigenvalue weighted by atomic mass is 9.96. The highest BCUT2D eigenvalue weighted by Crippen LogP contribution is 2.35. The highest BCUT2D eigenvalue weighted by atomic mass is 35.5. The van der Waals surface area contributed by atoms with E-state index in [1.54, 1.807) is 0 Å². The number of para-hydroxylation sites is 1. The molecule has 2 heterocycles. The number of benzene rings is 1. The molecule has 0 spiro atoms. The Morgan fingerprint density at radius 2 is 2.31 bits per heavy atom. The fraction of sp³-hybridized carbons (Fsp3) is 0.385. The van der Waals surface area contributed by atoms with E-state index in [4.69, 9.17) is 17.3 Å². The van der Waals surface area contributed by atoms with E-state index in [-0.39, 0.29) is 0 Å². The molecular formula is C13H15ClN2. The van der Waals surface area contributed by atoms with Gasteiger partial charge in [-0.1, -0.05) is 23.7 Å². The van der Waals surface area contributed by atoms with Gasteiger partial charge < -0.3 is 10.3 Å². The van der Waals surface area contributed by atoms with Crippen LogP contribution in [0.15, 0.2) is 24.3 Å². The molecular weight excluding hydrogens is 220 g/mol. The molecule has 0 saturated carbocycles. The van der Waals surface area contributed by atoms with Crippen LogP contribution in [-0.2, 0) is 6.54 Å². The minimum absolute atomic E-state index is 0.497. The maximum atomic E-state index is 6.27. The molecule has 1 aliphatic rings. The molecule has 3 rings (SSSR count). The molecule has 1 unspecified atom stereocenters. The average Bonchev–Trinajstić information content (AvgIpc) is 2.68. The van der Waals surface area contributed by atoms with Crippen LogP contribution in [0.2, 0.25) is 5.02 Å². The summed E-state index contributed by atoms with van der Waals surface area (Å²) < 4.78 is 2.35. The summed E-state index contributed by atoms with van der Waals surface area (Å²) in [4.78, 5) is 0. The third-order valence-corrected chi connectivity index (χ3v) is 3.85. The van der Waals surface area contributed by atoms with Crippen molar-refractivity contribution in [1.82, 2.24) is 4.57 Å². The molecule has 0 radical (unpaired) electrons. The van der Waals surface area contributed by atoms with Crippen LogP contribution in [-0.4, -0.2) is 11.1 Å². The van der Waals surface area contributed by atoms with E-state index in [0.29, 0.717) is 5.92 Å². The highest BCUT2D eigenvalue weighted by Gasteiger charge is 2.22. The predicted molar refractivity (Wildman–Crippen MR) is 68.0 cm³/mol. The van der Waals surface area contributed by atoms with Gasteiger partial charge in [-0.15, -0.1) is 0 Å². The number of nitrogens with two attached hydrogens (primary N) is 1. The van der Waals surface area contributed by atoms with Crippen molar-refractivity contribution in [2.45, 2.75) is 25.3 Å². The molecule has 3 heteroatoms. The smallest absolute Gasteiger partial charge is 0.0671 e. The maximum absolute atomic E-state index is 6.27. The topological polar surface area (TPSA) is 30.9 Å². The number of rotatable bonds is 1. The second kappa shape index (κ2) is 3.79. The molecule has 2 N–H and O–H groups in total. The molecule has 1 aromatic heterocycles. The lowest BCUT2D eigenvalue weighted by molar-refractivity contribution is 0.467. The van der Waals surface area contributed by atoms with Crippen molar-refractivity contribution in [3.05, 3.63) is 35.0 Å². The zero-order valence-corrected chi connectivity index (χ0v) is 9.87. The zero-order valence-electron chi connectivity index (χ0n) is 9.12. The van der Waals surface area contributed by atoms with Crippen LogP contribution in [0.4, 0.5) is 0 Å². The molecule has 16 heavy (non-hydrogen) atoms. The van der Waals surface area contributed by atoms with Gasteiger partial charge in [-0.25, -0.2) is 0 Å². The molecule has 0 bridgehead atoms. The molecule has 0 aliphatic carbocycles. The van der Waals surface area contributed by atoms with E-state index in [1.165, 1.54) is 29.4 Å². The summed E-state index contributed by atoms with van der Waals surface area (Å²) in [6, 6.07) is 8.34. The first-order valence-corrected chi connectivity index (χ1v) is 6.17. The van der Waals surface area contributed by atoms with Crippen molar-refractivity contribution in [3.63, 3.8) is 0 Å². The lowest BCUT2D eigenvalue weighted by Crippen LogP contribution is -2.21. The first kappa shape index (κ1) is 10.2. The number of nitrogens with zero attached hydrogens (tertiary/aromatic N) is 1. The summed E-state index contributed by atoms with van der Waals surface area (Å²) in [5, 5.41) is 2.09. The summed E-state index contributed by atoms with van der Waals surface area (Å²) in [6.45, 7) is 1.80. The second-order valence-electron chi connectivity index (χ2n) is 4.47. The Bertz CT molecular complexity index is 530. The standard InChI is InChI=1S/C13H15ClN2/c14-11-5-1-3-9-7-12-10(8-15)4-2-6-16(12)13(9)11/h1,3,5,7,10H,2,4,6,8,15H2. The van der Waals surface area contributed by atoms with Crippen LogP contribution in [0.3, 0.4) is 0 Å². The number of aromatic nitrogens is 1. The van der Waals surface area contributed by atoms with E-state index in [0.717, 1.165) is 18.1 Å². The number of hydrogen-bond acceptors (Lipinski definition) is 1. The number of halogens is 1. The fourth-order valence-corrected chi connectivity index (χ4v) is 3.04. The minimum atomic E-state index is 0.497. The van der Waals surface area contributed by atoms with Crippen LogP contribution in [0.5, 0.6) is 0 Å². The van der Waals surface area contributed by atoms with Gasteiger partial charge in [0, 0.05) is 30.1 Å². The monoisotopic (exact) mass is 234 g/mol. The van der Waals surface area contributed by atoms with Crippen molar-refractivity contribution in [2.75, 3.05) is 6.54 Å². The minimum Gasteiger partial charge on any atom is -0.343 e. The third-order valence-electron chi connectivity index (χ3n) is 3.54. The van der Waals surface area contributed by atoms with Crippen molar-refractivity contribution >= 4 is 22.5 Å². The van der Waals surface area contributed by atoms with Gasteiger partial charge in [0.05, 0.1) is 10.5 Å². The SMILES string of the molecule is NCC1CCCn2c1cc1cccc(Cl)c12. The zero-order chi connectivity index (χ0) is 11.1. The van der Waals surface area contributed by atoms with E-state index in [2.05, 4.69) is 16.7 Å². The molecule has 0 amide bonds. The molecule has 0 saturated heterocycles. The van der Waals surface area contributed by atoms with Crippen molar-refractivity contribution in [2.24, 2.45) is 5.73 Å². The molecule has 0 fully saturated rings. The maximum Gasteiger partial charge on any atom is 0.0671 e. The van der Waals surface area contributed by atoms with Crippen LogP contribution >= 0.6 is 11.6 Å².